The van der Waals surface area contributed by atoms with Gasteiger partial charge in [-0.3, -0.25) is 9.59 Å². The number of ketones is 2. The Morgan fingerprint density at radius 1 is 1.17 bits per heavy atom. The van der Waals surface area contributed by atoms with Crippen molar-refractivity contribution in [1.29, 1.82) is 5.26 Å². The van der Waals surface area contributed by atoms with Crippen LogP contribution in [-0.4, -0.2) is 16.1 Å². The molecule has 114 valence electrons. The largest absolute Gasteiger partial charge is 0.324 e. The fourth-order valence-electron chi connectivity index (χ4n) is 3.91. The number of nitrogens with zero attached hydrogens (tertiary/aromatic N) is 2. The first kappa shape index (κ1) is 14.0. The van der Waals surface area contributed by atoms with Gasteiger partial charge in [0.2, 0.25) is 5.78 Å². The van der Waals surface area contributed by atoms with Gasteiger partial charge in [0.15, 0.2) is 11.8 Å². The molecule has 0 N–H and O–H groups in total. The van der Waals surface area contributed by atoms with E-state index in [1.807, 2.05) is 24.3 Å². The average molecular weight is 304 g/mol. The minimum absolute atomic E-state index is 0.0122. The summed E-state index contributed by atoms with van der Waals surface area (Å²) in [6.07, 6.45) is 2.95. The lowest BCUT2D eigenvalue weighted by Crippen LogP contribution is -2.32. The Labute approximate surface area is 134 Å². The van der Waals surface area contributed by atoms with E-state index in [0.29, 0.717) is 17.5 Å². The molecule has 2 aliphatic rings. The van der Waals surface area contributed by atoms with Crippen LogP contribution < -0.4 is 0 Å². The van der Waals surface area contributed by atoms with E-state index >= 15 is 0 Å². The quantitative estimate of drug-likeness (QED) is 0.747. The summed E-state index contributed by atoms with van der Waals surface area (Å²) in [7, 11) is 0. The molecule has 23 heavy (non-hydrogen) atoms. The fourth-order valence-corrected chi connectivity index (χ4v) is 3.91. The summed E-state index contributed by atoms with van der Waals surface area (Å²) in [6.45, 7) is 4.14. The molecule has 0 spiro atoms. The van der Waals surface area contributed by atoms with Crippen LogP contribution in [0.2, 0.25) is 0 Å². The van der Waals surface area contributed by atoms with Gasteiger partial charge in [0.05, 0.1) is 11.8 Å². The van der Waals surface area contributed by atoms with Gasteiger partial charge in [-0.15, -0.1) is 0 Å². The van der Waals surface area contributed by atoms with E-state index in [0.717, 1.165) is 23.2 Å². The molecular formula is C19H16N2O2. The van der Waals surface area contributed by atoms with Gasteiger partial charge in [-0.2, -0.15) is 5.26 Å². The molecular weight excluding hydrogens is 288 g/mol. The highest BCUT2D eigenvalue weighted by atomic mass is 16.1. The highest BCUT2D eigenvalue weighted by molar-refractivity contribution is 6.17. The Morgan fingerprint density at radius 2 is 1.96 bits per heavy atom. The lowest BCUT2D eigenvalue weighted by atomic mass is 9.71. The minimum atomic E-state index is -0.887. The molecule has 0 saturated carbocycles. The van der Waals surface area contributed by atoms with Gasteiger partial charge in [0.25, 0.3) is 0 Å². The molecule has 2 aromatic rings. The van der Waals surface area contributed by atoms with E-state index in [-0.39, 0.29) is 17.0 Å². The molecule has 0 radical (unpaired) electrons. The number of carbonyl (C=O) groups excluding carboxylic acids is 2. The number of rotatable bonds is 0. The van der Waals surface area contributed by atoms with E-state index in [9.17, 15) is 14.9 Å². The van der Waals surface area contributed by atoms with E-state index in [1.54, 1.807) is 10.8 Å². The number of Topliss-reactive ketones (excluding diaryl/α,β-unsaturated/α-hetero) is 2. The van der Waals surface area contributed by atoms with E-state index < -0.39 is 6.04 Å². The third-order valence-corrected chi connectivity index (χ3v) is 4.83. The molecule has 2 heterocycles. The van der Waals surface area contributed by atoms with Gasteiger partial charge in [0.1, 0.15) is 0 Å². The topological polar surface area (TPSA) is 62.9 Å². The van der Waals surface area contributed by atoms with Crippen LogP contribution in [0.15, 0.2) is 30.5 Å². The first-order valence-electron chi connectivity index (χ1n) is 7.73. The highest BCUT2D eigenvalue weighted by Gasteiger charge is 2.39. The SMILES string of the molecule is CC1(C)CC(=O)c2c(ccc3c2C(=O)C(C#N)n2cccc2-3)C1. The number of fused-ring (bicyclic) bond motifs is 5. The molecule has 0 bridgehead atoms. The Bertz CT molecular complexity index is 912. The zero-order valence-electron chi connectivity index (χ0n) is 13.1. The Balaban J connectivity index is 2.03. The van der Waals surface area contributed by atoms with Crippen LogP contribution in [0.1, 0.15) is 52.6 Å². The molecule has 1 aliphatic carbocycles. The van der Waals surface area contributed by atoms with Crippen molar-refractivity contribution in [2.75, 3.05) is 0 Å². The van der Waals surface area contributed by atoms with Crippen molar-refractivity contribution in [2.24, 2.45) is 5.41 Å². The smallest absolute Gasteiger partial charge is 0.201 e. The van der Waals surface area contributed by atoms with Crippen molar-refractivity contribution < 1.29 is 9.59 Å². The normalized spacial score (nSPS) is 21.2. The van der Waals surface area contributed by atoms with Crippen molar-refractivity contribution in [1.82, 2.24) is 4.57 Å². The van der Waals surface area contributed by atoms with E-state index in [1.165, 1.54) is 0 Å². The maximum Gasteiger partial charge on any atom is 0.201 e. The summed E-state index contributed by atoms with van der Waals surface area (Å²) in [5, 5.41) is 9.43. The second kappa shape index (κ2) is 4.42. The summed E-state index contributed by atoms with van der Waals surface area (Å²) in [5.74, 6) is -0.255. The third kappa shape index (κ3) is 1.83. The summed E-state index contributed by atoms with van der Waals surface area (Å²) in [5.41, 5.74) is 3.41. The Kier molecular flexibility index (Phi) is 2.68. The minimum Gasteiger partial charge on any atom is -0.324 e. The van der Waals surface area contributed by atoms with Crippen molar-refractivity contribution in [2.45, 2.75) is 32.7 Å². The van der Waals surface area contributed by atoms with Crippen LogP contribution in [0.3, 0.4) is 0 Å². The van der Waals surface area contributed by atoms with Crippen LogP contribution in [0.5, 0.6) is 0 Å². The predicted octanol–water partition coefficient (Wildman–Crippen LogP) is 3.57. The van der Waals surface area contributed by atoms with Gasteiger partial charge in [-0.1, -0.05) is 26.0 Å². The van der Waals surface area contributed by atoms with Crippen LogP contribution in [0.25, 0.3) is 11.3 Å². The number of hydrogen-bond donors (Lipinski definition) is 0. The zero-order valence-corrected chi connectivity index (χ0v) is 13.1. The maximum atomic E-state index is 12.9. The molecule has 0 saturated heterocycles. The first-order chi connectivity index (χ1) is 10.9. The molecule has 1 aromatic heterocycles. The number of hydrogen-bond acceptors (Lipinski definition) is 3. The molecule has 4 heteroatoms. The number of carbonyl (C=O) groups is 2. The standard InChI is InChI=1S/C19H16N2O2/c1-19(2)8-11-5-6-12-13-4-3-7-21(13)14(10-20)18(23)17(12)16(11)15(22)9-19/h3-7,14H,8-9H2,1-2H3. The van der Waals surface area contributed by atoms with E-state index in [2.05, 4.69) is 19.9 Å². The zero-order chi connectivity index (χ0) is 16.4. The summed E-state index contributed by atoms with van der Waals surface area (Å²) in [4.78, 5) is 25.6. The van der Waals surface area contributed by atoms with Crippen molar-refractivity contribution >= 4 is 11.6 Å². The molecule has 1 aromatic carbocycles. The van der Waals surface area contributed by atoms with Crippen LogP contribution >= 0.6 is 0 Å². The molecule has 0 amide bonds. The summed E-state index contributed by atoms with van der Waals surface area (Å²) < 4.78 is 1.69. The molecule has 4 rings (SSSR count). The fraction of sp³-hybridized carbons (Fsp3) is 0.316. The van der Waals surface area contributed by atoms with Gasteiger partial charge in [0, 0.05) is 29.3 Å². The molecule has 4 nitrogen and oxygen atoms in total. The first-order valence-corrected chi connectivity index (χ1v) is 7.73. The van der Waals surface area contributed by atoms with E-state index in [4.69, 9.17) is 0 Å². The maximum absolute atomic E-state index is 12.9. The lowest BCUT2D eigenvalue weighted by Gasteiger charge is -2.33. The molecule has 1 aliphatic heterocycles. The van der Waals surface area contributed by atoms with Crippen molar-refractivity contribution in [3.05, 3.63) is 47.2 Å². The van der Waals surface area contributed by atoms with Crippen molar-refractivity contribution in [3.63, 3.8) is 0 Å². The number of benzene rings is 1. The second-order valence-corrected chi connectivity index (χ2v) is 7.16. The van der Waals surface area contributed by atoms with Gasteiger partial charge < -0.3 is 4.57 Å². The molecule has 1 atom stereocenters. The highest BCUT2D eigenvalue weighted by Crippen LogP contribution is 2.42. The Morgan fingerprint density at radius 3 is 2.70 bits per heavy atom. The molecule has 0 fully saturated rings. The third-order valence-electron chi connectivity index (χ3n) is 4.83. The van der Waals surface area contributed by atoms with Crippen LogP contribution in [0, 0.1) is 16.7 Å². The lowest BCUT2D eigenvalue weighted by molar-refractivity contribution is 0.0888. The monoisotopic (exact) mass is 304 g/mol. The average Bonchev–Trinajstić information content (AvgIpc) is 2.95. The van der Waals surface area contributed by atoms with Gasteiger partial charge in [-0.25, -0.2) is 0 Å². The van der Waals surface area contributed by atoms with Crippen LogP contribution in [0.4, 0.5) is 0 Å². The van der Waals surface area contributed by atoms with Crippen molar-refractivity contribution in [3.8, 4) is 17.3 Å². The van der Waals surface area contributed by atoms with Gasteiger partial charge >= 0.3 is 0 Å². The number of nitriles is 1. The van der Waals surface area contributed by atoms with Gasteiger partial charge in [-0.05, 0) is 29.5 Å². The number of aromatic nitrogens is 1. The predicted molar refractivity (Wildman–Crippen MR) is 85.3 cm³/mol. The Hall–Kier alpha value is -2.67. The second-order valence-electron chi connectivity index (χ2n) is 7.16. The van der Waals surface area contributed by atoms with Crippen LogP contribution in [-0.2, 0) is 6.42 Å². The molecule has 1 unspecified atom stereocenters. The summed E-state index contributed by atoms with van der Waals surface area (Å²) >= 11 is 0. The summed E-state index contributed by atoms with van der Waals surface area (Å²) in [6, 6.07) is 8.78.